The molecule has 0 radical (unpaired) electrons. The molecule has 3 aromatic rings. The minimum absolute atomic E-state index is 0.224. The van der Waals surface area contributed by atoms with E-state index in [1.54, 1.807) is 32.7 Å². The Bertz CT molecular complexity index is 1500. The zero-order valence-corrected chi connectivity index (χ0v) is 24.9. The van der Waals surface area contributed by atoms with Gasteiger partial charge >= 0.3 is 6.09 Å². The second-order valence-electron chi connectivity index (χ2n) is 11.7. The van der Waals surface area contributed by atoms with Crippen molar-refractivity contribution in [3.05, 3.63) is 64.7 Å². The maximum atomic E-state index is 13.7. The van der Waals surface area contributed by atoms with Gasteiger partial charge < -0.3 is 9.64 Å². The number of rotatable bonds is 4. The highest BCUT2D eigenvalue weighted by atomic mass is 32.2. The van der Waals surface area contributed by atoms with Gasteiger partial charge in [-0.25, -0.2) is 18.2 Å². The zero-order valence-electron chi connectivity index (χ0n) is 23.3. The molecule has 208 valence electrons. The third kappa shape index (κ3) is 6.05. The van der Waals surface area contributed by atoms with Gasteiger partial charge in [-0.3, -0.25) is 0 Å². The lowest BCUT2D eigenvalue weighted by Gasteiger charge is -2.38. The van der Waals surface area contributed by atoms with Crippen molar-refractivity contribution >= 4 is 43.2 Å². The molecule has 2 aromatic carbocycles. The van der Waals surface area contributed by atoms with Crippen LogP contribution in [0.1, 0.15) is 69.1 Å². The number of piperidine rings is 1. The number of hydrogen-bond donors (Lipinski definition) is 0. The van der Waals surface area contributed by atoms with Crippen LogP contribution >= 0.6 is 11.3 Å². The van der Waals surface area contributed by atoms with Crippen LogP contribution in [0.2, 0.25) is 0 Å². The predicted molar refractivity (Wildman–Crippen MR) is 156 cm³/mol. The molecule has 0 N–H and O–H groups in total. The van der Waals surface area contributed by atoms with Gasteiger partial charge in [-0.15, -0.1) is 11.3 Å². The second kappa shape index (κ2) is 10.7. The lowest BCUT2D eigenvalue weighted by Crippen LogP contribution is -2.41. The number of sulfonamides is 1. The van der Waals surface area contributed by atoms with Gasteiger partial charge in [0.05, 0.1) is 21.2 Å². The topological polar surface area (TPSA) is 79.8 Å². The monoisotopic (exact) mass is 567 g/mol. The summed E-state index contributed by atoms with van der Waals surface area (Å²) in [6.07, 6.45) is 4.24. The molecule has 1 fully saturated rings. The number of aryl methyl sites for hydroxylation is 1. The van der Waals surface area contributed by atoms with Crippen molar-refractivity contribution < 1.29 is 17.9 Å². The van der Waals surface area contributed by atoms with Gasteiger partial charge in [0.1, 0.15) is 10.6 Å². The Balaban J connectivity index is 1.39. The number of ether oxygens (including phenoxy) is 1. The van der Waals surface area contributed by atoms with Gasteiger partial charge in [0, 0.05) is 19.6 Å². The van der Waals surface area contributed by atoms with Gasteiger partial charge in [0.2, 0.25) is 10.0 Å². The van der Waals surface area contributed by atoms with E-state index in [2.05, 4.69) is 31.2 Å². The van der Waals surface area contributed by atoms with E-state index in [1.165, 1.54) is 0 Å². The smallest absolute Gasteiger partial charge is 0.410 e. The van der Waals surface area contributed by atoms with Crippen LogP contribution in [0.3, 0.4) is 0 Å². The van der Waals surface area contributed by atoms with E-state index in [1.807, 2.05) is 39.8 Å². The molecule has 0 saturated carbocycles. The van der Waals surface area contributed by atoms with Crippen LogP contribution in [0, 0.1) is 12.8 Å². The molecule has 0 aliphatic carbocycles. The number of carbonyl (C=O) groups excluding carboxylic acids is 1. The van der Waals surface area contributed by atoms with E-state index in [4.69, 9.17) is 9.72 Å². The maximum absolute atomic E-state index is 13.7. The first kappa shape index (κ1) is 27.8. The fourth-order valence-corrected chi connectivity index (χ4v) is 7.98. The third-order valence-electron chi connectivity index (χ3n) is 7.33. The van der Waals surface area contributed by atoms with Gasteiger partial charge in [-0.2, -0.15) is 4.31 Å². The third-order valence-corrected chi connectivity index (χ3v) is 10.3. The fraction of sp³-hybridized carbons (Fsp3) is 0.467. The minimum Gasteiger partial charge on any atom is -0.444 e. The number of hydrogen-bond acceptors (Lipinski definition) is 6. The van der Waals surface area contributed by atoms with Crippen LogP contribution in [-0.4, -0.2) is 53.9 Å². The summed E-state index contributed by atoms with van der Waals surface area (Å²) in [5.41, 5.74) is 3.52. The highest BCUT2D eigenvalue weighted by Crippen LogP contribution is 2.39. The Labute approximate surface area is 235 Å². The molecule has 1 saturated heterocycles. The van der Waals surface area contributed by atoms with Gasteiger partial charge in [0.25, 0.3) is 0 Å². The molecule has 5 rings (SSSR count). The quantitative estimate of drug-likeness (QED) is 0.347. The predicted octanol–water partition coefficient (Wildman–Crippen LogP) is 6.79. The molecule has 1 aromatic heterocycles. The highest BCUT2D eigenvalue weighted by molar-refractivity contribution is 7.89. The average molecular weight is 568 g/mol. The normalized spacial score (nSPS) is 21.2. The van der Waals surface area contributed by atoms with Crippen molar-refractivity contribution in [2.75, 3.05) is 19.6 Å². The number of thiazole rings is 1. The lowest BCUT2D eigenvalue weighted by molar-refractivity contribution is 0.0270. The number of benzene rings is 2. The van der Waals surface area contributed by atoms with E-state index < -0.39 is 15.6 Å². The Kier molecular flexibility index (Phi) is 7.61. The first-order valence-corrected chi connectivity index (χ1v) is 15.8. The molecule has 9 heteroatoms. The first-order valence-electron chi connectivity index (χ1n) is 13.6. The van der Waals surface area contributed by atoms with Crippen LogP contribution in [0.4, 0.5) is 4.79 Å². The molecule has 3 heterocycles. The van der Waals surface area contributed by atoms with Crippen molar-refractivity contribution in [2.45, 2.75) is 70.4 Å². The first-order chi connectivity index (χ1) is 18.4. The molecule has 2 atom stereocenters. The summed E-state index contributed by atoms with van der Waals surface area (Å²) in [6, 6.07) is 13.1. The molecule has 2 aliphatic rings. The lowest BCUT2D eigenvalue weighted by atomic mass is 9.92. The summed E-state index contributed by atoms with van der Waals surface area (Å²) in [4.78, 5) is 19.4. The minimum atomic E-state index is -3.63. The van der Waals surface area contributed by atoms with E-state index in [0.29, 0.717) is 30.4 Å². The summed E-state index contributed by atoms with van der Waals surface area (Å²) in [7, 11) is -3.63. The van der Waals surface area contributed by atoms with Crippen LogP contribution < -0.4 is 0 Å². The summed E-state index contributed by atoms with van der Waals surface area (Å²) in [5.74, 6) is 0.301. The van der Waals surface area contributed by atoms with Crippen molar-refractivity contribution in [2.24, 2.45) is 5.92 Å². The van der Waals surface area contributed by atoms with Crippen molar-refractivity contribution in [3.63, 3.8) is 0 Å². The standard InChI is InChI=1S/C30H37N3O4S2/c1-20-6-10-24(11-7-20)39(35,36)33-19-21(2)8-12-26(33)23-9-13-27-25(18-23)31-28(38-27)22-14-16-32(17-15-22)29(34)37-30(3,4)5/h6-7,9-11,13-14,18,21,26H,8,12,15-17,19H2,1-5H3/t21-,26?/m0/s1. The Hall–Kier alpha value is -2.75. The van der Waals surface area contributed by atoms with Crippen LogP contribution in [0.5, 0.6) is 0 Å². The summed E-state index contributed by atoms with van der Waals surface area (Å²) in [5, 5.41) is 0.951. The molecule has 0 spiro atoms. The molecule has 1 amide bonds. The number of carbonyl (C=O) groups is 1. The Morgan fingerprint density at radius 3 is 2.51 bits per heavy atom. The molecule has 1 unspecified atom stereocenters. The van der Waals surface area contributed by atoms with E-state index in [9.17, 15) is 13.2 Å². The van der Waals surface area contributed by atoms with Crippen LogP contribution in [0.25, 0.3) is 15.8 Å². The van der Waals surface area contributed by atoms with Gasteiger partial charge in [-0.05, 0) is 88.3 Å². The van der Waals surface area contributed by atoms with Crippen molar-refractivity contribution in [1.82, 2.24) is 14.2 Å². The molecule has 7 nitrogen and oxygen atoms in total. The maximum Gasteiger partial charge on any atom is 0.410 e. The number of fused-ring (bicyclic) bond motifs is 1. The molecule has 0 bridgehead atoms. The molecular formula is C30H37N3O4S2. The summed E-state index contributed by atoms with van der Waals surface area (Å²) >= 11 is 1.64. The molecular weight excluding hydrogens is 530 g/mol. The van der Waals surface area contributed by atoms with E-state index in [-0.39, 0.29) is 12.1 Å². The Morgan fingerprint density at radius 2 is 1.85 bits per heavy atom. The van der Waals surface area contributed by atoms with Gasteiger partial charge in [0.15, 0.2) is 0 Å². The number of aromatic nitrogens is 1. The number of nitrogens with zero attached hydrogens (tertiary/aromatic N) is 3. The van der Waals surface area contributed by atoms with E-state index in [0.717, 1.165) is 51.2 Å². The van der Waals surface area contributed by atoms with Crippen LogP contribution in [-0.2, 0) is 14.8 Å². The molecule has 2 aliphatic heterocycles. The highest BCUT2D eigenvalue weighted by Gasteiger charge is 2.37. The number of amides is 1. The van der Waals surface area contributed by atoms with E-state index >= 15 is 0 Å². The SMILES string of the molecule is Cc1ccc(S(=O)(=O)N2C[C@@H](C)CCC2c2ccc3sc(C4=CCN(C(=O)OC(C)(C)C)CC4)nc3c2)cc1. The Morgan fingerprint density at radius 1 is 1.10 bits per heavy atom. The summed E-state index contributed by atoms with van der Waals surface area (Å²) in [6.45, 7) is 11.3. The van der Waals surface area contributed by atoms with Crippen molar-refractivity contribution in [1.29, 1.82) is 0 Å². The van der Waals surface area contributed by atoms with Crippen molar-refractivity contribution in [3.8, 4) is 0 Å². The zero-order chi connectivity index (χ0) is 27.9. The average Bonchev–Trinajstić information content (AvgIpc) is 3.31. The summed E-state index contributed by atoms with van der Waals surface area (Å²) < 4.78 is 35.7. The fourth-order valence-electron chi connectivity index (χ4n) is 5.20. The van der Waals surface area contributed by atoms with Gasteiger partial charge in [-0.1, -0.05) is 36.8 Å². The largest absolute Gasteiger partial charge is 0.444 e. The molecule has 39 heavy (non-hydrogen) atoms. The second-order valence-corrected chi connectivity index (χ2v) is 14.7. The van der Waals surface area contributed by atoms with Crippen LogP contribution in [0.15, 0.2) is 53.4 Å².